The highest BCUT2D eigenvalue weighted by atomic mass is 19.1. The molecular weight excluding hydrogens is 309 g/mol. The zero-order valence-corrected chi connectivity index (χ0v) is 14.9. The highest BCUT2D eigenvalue weighted by Gasteiger charge is 2.48. The molecule has 24 heavy (non-hydrogen) atoms. The van der Waals surface area contributed by atoms with Crippen LogP contribution in [0.5, 0.6) is 0 Å². The first-order valence-electron chi connectivity index (χ1n) is 8.41. The average Bonchev–Trinajstić information content (AvgIpc) is 2.72. The Balaban J connectivity index is 1.97. The molecule has 1 aromatic rings. The van der Waals surface area contributed by atoms with Gasteiger partial charge in [0.15, 0.2) is 6.67 Å². The Morgan fingerprint density at radius 2 is 1.88 bits per heavy atom. The smallest absolute Gasteiger partial charge is 0.323 e. The van der Waals surface area contributed by atoms with Crippen molar-refractivity contribution in [2.45, 2.75) is 45.7 Å². The minimum atomic E-state index is -0.808. The van der Waals surface area contributed by atoms with Crippen molar-refractivity contribution < 1.29 is 18.9 Å². The Hall–Kier alpha value is -1.95. The van der Waals surface area contributed by atoms with E-state index in [0.29, 0.717) is 25.6 Å². The summed E-state index contributed by atoms with van der Waals surface area (Å²) in [6, 6.07) is 5.94. The van der Waals surface area contributed by atoms with Gasteiger partial charge < -0.3 is 10.2 Å². The maximum Gasteiger partial charge on any atom is 0.329 e. The SMILES string of the molecule is CC(C)CC[C@@]1(C)NC(=O)N(C[NH+](C)Cc2ccc(F)cc2)C1=O. The van der Waals surface area contributed by atoms with Crippen molar-refractivity contribution in [2.75, 3.05) is 13.7 Å². The molecule has 1 saturated heterocycles. The molecule has 6 heteroatoms. The van der Waals surface area contributed by atoms with Crippen LogP contribution in [-0.4, -0.2) is 36.1 Å². The number of carbonyl (C=O) groups excluding carboxylic acids is 2. The monoisotopic (exact) mass is 336 g/mol. The number of benzene rings is 1. The second-order valence-corrected chi connectivity index (χ2v) is 7.35. The number of halogens is 1. The third kappa shape index (κ3) is 4.32. The van der Waals surface area contributed by atoms with Gasteiger partial charge in [-0.3, -0.25) is 4.79 Å². The summed E-state index contributed by atoms with van der Waals surface area (Å²) >= 11 is 0. The van der Waals surface area contributed by atoms with Gasteiger partial charge in [0.05, 0.1) is 7.05 Å². The molecule has 5 nitrogen and oxygen atoms in total. The molecule has 1 unspecified atom stereocenters. The molecule has 0 aromatic heterocycles. The molecule has 3 amide bonds. The molecule has 1 aromatic carbocycles. The minimum Gasteiger partial charge on any atom is -0.323 e. The van der Waals surface area contributed by atoms with Crippen LogP contribution >= 0.6 is 0 Å². The summed E-state index contributed by atoms with van der Waals surface area (Å²) < 4.78 is 13.0. The predicted octanol–water partition coefficient (Wildman–Crippen LogP) is 1.54. The van der Waals surface area contributed by atoms with Crippen LogP contribution in [0.2, 0.25) is 0 Å². The van der Waals surface area contributed by atoms with E-state index in [-0.39, 0.29) is 17.8 Å². The zero-order valence-electron chi connectivity index (χ0n) is 14.9. The number of hydrogen-bond donors (Lipinski definition) is 2. The summed E-state index contributed by atoms with van der Waals surface area (Å²) in [5.41, 5.74) is 0.154. The molecule has 0 radical (unpaired) electrons. The van der Waals surface area contributed by atoms with Gasteiger partial charge in [0.25, 0.3) is 5.91 Å². The number of rotatable bonds is 7. The van der Waals surface area contributed by atoms with Gasteiger partial charge in [-0.2, -0.15) is 0 Å². The third-order valence-electron chi connectivity index (χ3n) is 4.41. The molecule has 2 rings (SSSR count). The fourth-order valence-electron chi connectivity index (χ4n) is 2.91. The van der Waals surface area contributed by atoms with Crippen LogP contribution in [0.4, 0.5) is 9.18 Å². The van der Waals surface area contributed by atoms with E-state index < -0.39 is 5.54 Å². The van der Waals surface area contributed by atoms with Crippen molar-refractivity contribution in [3.8, 4) is 0 Å². The van der Waals surface area contributed by atoms with E-state index in [4.69, 9.17) is 0 Å². The molecule has 0 aliphatic carbocycles. The van der Waals surface area contributed by atoms with Gasteiger partial charge in [-0.15, -0.1) is 0 Å². The Morgan fingerprint density at radius 1 is 1.25 bits per heavy atom. The van der Waals surface area contributed by atoms with E-state index in [1.807, 2.05) is 7.05 Å². The van der Waals surface area contributed by atoms with Crippen LogP contribution in [-0.2, 0) is 11.3 Å². The molecule has 2 atom stereocenters. The average molecular weight is 336 g/mol. The lowest BCUT2D eigenvalue weighted by atomic mass is 9.92. The van der Waals surface area contributed by atoms with Crippen LogP contribution in [0, 0.1) is 11.7 Å². The minimum absolute atomic E-state index is 0.161. The number of nitrogens with one attached hydrogen (secondary N) is 2. The van der Waals surface area contributed by atoms with Crippen molar-refractivity contribution in [1.29, 1.82) is 0 Å². The molecule has 132 valence electrons. The predicted molar refractivity (Wildman–Crippen MR) is 89.7 cm³/mol. The summed E-state index contributed by atoms with van der Waals surface area (Å²) in [5.74, 6) is 0.0466. The standard InChI is InChI=1S/C18H26FN3O2/c1-13(2)9-10-18(3)16(23)22(17(24)20-18)12-21(4)11-14-5-7-15(19)8-6-14/h5-8,13H,9-12H2,1-4H3,(H,20,24)/p+1/t18-/m1/s1. The number of hydrogen-bond acceptors (Lipinski definition) is 2. The summed E-state index contributed by atoms with van der Waals surface area (Å²) in [6.45, 7) is 6.90. The van der Waals surface area contributed by atoms with E-state index >= 15 is 0 Å². The number of urea groups is 1. The van der Waals surface area contributed by atoms with E-state index in [1.54, 1.807) is 19.1 Å². The molecule has 0 saturated carbocycles. The first kappa shape index (κ1) is 18.4. The van der Waals surface area contributed by atoms with E-state index in [1.165, 1.54) is 17.0 Å². The second kappa shape index (κ2) is 7.30. The maximum absolute atomic E-state index is 13.0. The van der Waals surface area contributed by atoms with Crippen LogP contribution in [0.15, 0.2) is 24.3 Å². The number of amides is 3. The van der Waals surface area contributed by atoms with E-state index in [9.17, 15) is 14.0 Å². The quantitative estimate of drug-likeness (QED) is 0.742. The van der Waals surface area contributed by atoms with Crippen molar-refractivity contribution in [3.63, 3.8) is 0 Å². The van der Waals surface area contributed by atoms with Crippen LogP contribution in [0.25, 0.3) is 0 Å². The van der Waals surface area contributed by atoms with Gasteiger partial charge in [0, 0.05) is 5.56 Å². The summed E-state index contributed by atoms with van der Waals surface area (Å²) in [5, 5.41) is 2.84. The molecule has 0 spiro atoms. The lowest BCUT2D eigenvalue weighted by Crippen LogP contribution is -3.09. The fraction of sp³-hybridized carbons (Fsp3) is 0.556. The van der Waals surface area contributed by atoms with Gasteiger partial charge in [0.1, 0.15) is 17.9 Å². The normalized spacial score (nSPS) is 22.2. The first-order valence-corrected chi connectivity index (χ1v) is 8.41. The third-order valence-corrected chi connectivity index (χ3v) is 4.41. The Kier molecular flexibility index (Phi) is 5.59. The lowest BCUT2D eigenvalue weighted by Gasteiger charge is -2.23. The van der Waals surface area contributed by atoms with Gasteiger partial charge in [0.2, 0.25) is 0 Å². The number of carbonyl (C=O) groups is 2. The van der Waals surface area contributed by atoms with E-state index in [2.05, 4.69) is 19.2 Å². The molecule has 1 fully saturated rings. The number of imide groups is 1. The molecule has 0 bridgehead atoms. The zero-order chi connectivity index (χ0) is 17.9. The number of quaternary nitrogens is 1. The molecule has 2 N–H and O–H groups in total. The van der Waals surface area contributed by atoms with Crippen molar-refractivity contribution in [2.24, 2.45) is 5.92 Å². The first-order chi connectivity index (χ1) is 11.2. The van der Waals surface area contributed by atoms with Crippen molar-refractivity contribution in [1.82, 2.24) is 10.2 Å². The van der Waals surface area contributed by atoms with Gasteiger partial charge >= 0.3 is 6.03 Å². The van der Waals surface area contributed by atoms with Crippen LogP contribution in [0.3, 0.4) is 0 Å². The fourth-order valence-corrected chi connectivity index (χ4v) is 2.91. The maximum atomic E-state index is 13.0. The second-order valence-electron chi connectivity index (χ2n) is 7.35. The highest BCUT2D eigenvalue weighted by Crippen LogP contribution is 2.24. The highest BCUT2D eigenvalue weighted by molar-refractivity contribution is 6.06. The largest absolute Gasteiger partial charge is 0.329 e. The number of nitrogens with zero attached hydrogens (tertiary/aromatic N) is 1. The Labute approximate surface area is 142 Å². The van der Waals surface area contributed by atoms with E-state index in [0.717, 1.165) is 16.9 Å². The van der Waals surface area contributed by atoms with Gasteiger partial charge in [-0.05, 0) is 37.8 Å². The lowest BCUT2D eigenvalue weighted by molar-refractivity contribution is -0.901. The Bertz CT molecular complexity index is 603. The molecule has 1 aliphatic heterocycles. The van der Waals surface area contributed by atoms with Crippen LogP contribution in [0.1, 0.15) is 39.2 Å². The van der Waals surface area contributed by atoms with Crippen molar-refractivity contribution in [3.05, 3.63) is 35.6 Å². The molecule has 1 heterocycles. The van der Waals surface area contributed by atoms with Gasteiger partial charge in [-0.25, -0.2) is 14.1 Å². The Morgan fingerprint density at radius 3 is 2.46 bits per heavy atom. The summed E-state index contributed by atoms with van der Waals surface area (Å²) in [4.78, 5) is 27.1. The van der Waals surface area contributed by atoms with Gasteiger partial charge in [-0.1, -0.05) is 26.0 Å². The molecular formula is C18H27FN3O2+. The molecule has 1 aliphatic rings. The van der Waals surface area contributed by atoms with Crippen LogP contribution < -0.4 is 10.2 Å². The van der Waals surface area contributed by atoms with Crippen molar-refractivity contribution >= 4 is 11.9 Å². The summed E-state index contributed by atoms with van der Waals surface area (Å²) in [6.07, 6.45) is 1.53. The topological polar surface area (TPSA) is 53.9 Å². The summed E-state index contributed by atoms with van der Waals surface area (Å²) in [7, 11) is 1.91.